The molecule has 0 aliphatic heterocycles. The average molecular weight is 215 g/mol. The van der Waals surface area contributed by atoms with Crippen LogP contribution >= 0.6 is 0 Å². The van der Waals surface area contributed by atoms with Gasteiger partial charge in [0, 0.05) is 6.04 Å². The molecule has 0 fully saturated rings. The minimum atomic E-state index is 0.296. The summed E-state index contributed by atoms with van der Waals surface area (Å²) >= 11 is 0. The predicted molar refractivity (Wildman–Crippen MR) is 67.6 cm³/mol. The quantitative estimate of drug-likeness (QED) is 0.660. The molecule has 3 rings (SSSR count). The molecule has 0 aromatic heterocycles. The highest BCUT2D eigenvalue weighted by Gasteiger charge is 2.19. The van der Waals surface area contributed by atoms with Crippen LogP contribution in [0.2, 0.25) is 0 Å². The molecule has 0 bridgehead atoms. The van der Waals surface area contributed by atoms with E-state index in [1.807, 2.05) is 0 Å². The largest absolute Gasteiger partial charge is 0.324 e. The SMILES string of the molecule is NC1CCCCc2cc3c(cc21)CCCC3. The fraction of sp³-hybridized carbons (Fsp3) is 0.600. The van der Waals surface area contributed by atoms with E-state index in [1.54, 1.807) is 16.7 Å². The number of hydrogen-bond donors (Lipinski definition) is 1. The molecule has 2 N–H and O–H groups in total. The summed E-state index contributed by atoms with van der Waals surface area (Å²) in [5, 5.41) is 0. The van der Waals surface area contributed by atoms with Crippen LogP contribution < -0.4 is 5.73 Å². The van der Waals surface area contributed by atoms with Gasteiger partial charge in [-0.15, -0.1) is 0 Å². The minimum absolute atomic E-state index is 0.296. The van der Waals surface area contributed by atoms with Gasteiger partial charge in [0.25, 0.3) is 0 Å². The second-order valence-electron chi connectivity index (χ2n) is 5.38. The molecule has 0 saturated heterocycles. The third-order valence-electron chi connectivity index (χ3n) is 4.21. The first-order valence-electron chi connectivity index (χ1n) is 6.75. The van der Waals surface area contributed by atoms with Crippen LogP contribution in [0.25, 0.3) is 0 Å². The maximum Gasteiger partial charge on any atom is 0.0297 e. The summed E-state index contributed by atoms with van der Waals surface area (Å²) < 4.78 is 0. The summed E-state index contributed by atoms with van der Waals surface area (Å²) in [4.78, 5) is 0. The monoisotopic (exact) mass is 215 g/mol. The zero-order valence-electron chi connectivity index (χ0n) is 9.97. The average Bonchev–Trinajstić information content (AvgIpc) is 2.49. The molecule has 0 amide bonds. The number of fused-ring (bicyclic) bond motifs is 2. The summed E-state index contributed by atoms with van der Waals surface area (Å²) in [5.41, 5.74) is 12.5. The maximum absolute atomic E-state index is 6.28. The van der Waals surface area contributed by atoms with E-state index in [1.165, 1.54) is 56.9 Å². The van der Waals surface area contributed by atoms with E-state index < -0.39 is 0 Å². The van der Waals surface area contributed by atoms with E-state index in [-0.39, 0.29) is 0 Å². The maximum atomic E-state index is 6.28. The van der Waals surface area contributed by atoms with Crippen LogP contribution in [0.1, 0.15) is 60.4 Å². The van der Waals surface area contributed by atoms with E-state index in [9.17, 15) is 0 Å². The van der Waals surface area contributed by atoms with Crippen molar-refractivity contribution in [3.05, 3.63) is 34.4 Å². The molecule has 1 aromatic rings. The molecular weight excluding hydrogens is 194 g/mol. The van der Waals surface area contributed by atoms with Gasteiger partial charge in [-0.05, 0) is 67.2 Å². The minimum Gasteiger partial charge on any atom is -0.324 e. The van der Waals surface area contributed by atoms with E-state index in [0.29, 0.717) is 6.04 Å². The molecule has 0 radical (unpaired) electrons. The summed E-state index contributed by atoms with van der Waals surface area (Å²) in [6.07, 6.45) is 10.3. The van der Waals surface area contributed by atoms with Crippen molar-refractivity contribution in [3.63, 3.8) is 0 Å². The summed E-state index contributed by atoms with van der Waals surface area (Å²) in [6.45, 7) is 0. The Morgan fingerprint density at radius 3 is 2.25 bits per heavy atom. The normalized spacial score (nSPS) is 24.4. The van der Waals surface area contributed by atoms with Crippen LogP contribution in [-0.2, 0) is 19.3 Å². The molecule has 0 saturated carbocycles. The molecule has 0 heterocycles. The van der Waals surface area contributed by atoms with Gasteiger partial charge in [0.1, 0.15) is 0 Å². The molecule has 1 nitrogen and oxygen atoms in total. The van der Waals surface area contributed by atoms with Gasteiger partial charge >= 0.3 is 0 Å². The summed E-state index contributed by atoms with van der Waals surface area (Å²) in [5.74, 6) is 0. The highest BCUT2D eigenvalue weighted by molar-refractivity contribution is 5.41. The van der Waals surface area contributed by atoms with Crippen LogP contribution in [0.3, 0.4) is 0 Å². The smallest absolute Gasteiger partial charge is 0.0297 e. The van der Waals surface area contributed by atoms with Gasteiger partial charge in [0.2, 0.25) is 0 Å². The number of nitrogens with two attached hydrogens (primary N) is 1. The van der Waals surface area contributed by atoms with Crippen molar-refractivity contribution < 1.29 is 0 Å². The molecule has 1 unspecified atom stereocenters. The fourth-order valence-electron chi connectivity index (χ4n) is 3.25. The second kappa shape index (κ2) is 4.21. The summed E-state index contributed by atoms with van der Waals surface area (Å²) in [6, 6.07) is 5.19. The highest BCUT2D eigenvalue weighted by atomic mass is 14.6. The zero-order chi connectivity index (χ0) is 11.0. The number of rotatable bonds is 0. The van der Waals surface area contributed by atoms with E-state index in [0.717, 1.165) is 0 Å². The Balaban J connectivity index is 2.06. The van der Waals surface area contributed by atoms with Crippen LogP contribution in [0.15, 0.2) is 12.1 Å². The second-order valence-corrected chi connectivity index (χ2v) is 5.38. The van der Waals surface area contributed by atoms with Crippen molar-refractivity contribution in [2.75, 3.05) is 0 Å². The van der Waals surface area contributed by atoms with Gasteiger partial charge in [0.05, 0.1) is 0 Å². The first-order valence-corrected chi connectivity index (χ1v) is 6.75. The van der Waals surface area contributed by atoms with E-state index in [2.05, 4.69) is 12.1 Å². The number of aryl methyl sites for hydroxylation is 3. The summed E-state index contributed by atoms with van der Waals surface area (Å²) in [7, 11) is 0. The van der Waals surface area contributed by atoms with Gasteiger partial charge in [-0.25, -0.2) is 0 Å². The molecular formula is C15H21N. The highest BCUT2D eigenvalue weighted by Crippen LogP contribution is 2.32. The third kappa shape index (κ3) is 1.78. The van der Waals surface area contributed by atoms with E-state index in [4.69, 9.17) is 5.73 Å². The van der Waals surface area contributed by atoms with Gasteiger partial charge in [-0.1, -0.05) is 18.6 Å². The predicted octanol–water partition coefficient (Wildman–Crippen LogP) is 3.29. The fourth-order valence-corrected chi connectivity index (χ4v) is 3.25. The van der Waals surface area contributed by atoms with Crippen molar-refractivity contribution in [1.82, 2.24) is 0 Å². The molecule has 2 aliphatic carbocycles. The number of benzene rings is 1. The van der Waals surface area contributed by atoms with Crippen molar-refractivity contribution in [3.8, 4) is 0 Å². The first kappa shape index (κ1) is 10.3. The molecule has 1 aromatic carbocycles. The molecule has 2 aliphatic rings. The Morgan fingerprint density at radius 2 is 1.44 bits per heavy atom. The van der Waals surface area contributed by atoms with Gasteiger partial charge in [0.15, 0.2) is 0 Å². The zero-order valence-corrected chi connectivity index (χ0v) is 9.97. The molecule has 86 valence electrons. The van der Waals surface area contributed by atoms with Crippen molar-refractivity contribution in [1.29, 1.82) is 0 Å². The molecule has 1 heteroatoms. The Hall–Kier alpha value is -0.820. The third-order valence-corrected chi connectivity index (χ3v) is 4.21. The lowest BCUT2D eigenvalue weighted by atomic mass is 9.86. The first-order chi connectivity index (χ1) is 7.84. The van der Waals surface area contributed by atoms with Crippen molar-refractivity contribution in [2.45, 2.75) is 57.4 Å². The van der Waals surface area contributed by atoms with Gasteiger partial charge in [-0.3, -0.25) is 0 Å². The van der Waals surface area contributed by atoms with Crippen LogP contribution in [0.4, 0.5) is 0 Å². The van der Waals surface area contributed by atoms with Crippen molar-refractivity contribution >= 4 is 0 Å². The lowest BCUT2D eigenvalue weighted by molar-refractivity contribution is 0.613. The Labute approximate surface area is 98.0 Å². The van der Waals surface area contributed by atoms with Crippen LogP contribution in [-0.4, -0.2) is 0 Å². The molecule has 16 heavy (non-hydrogen) atoms. The topological polar surface area (TPSA) is 26.0 Å². The molecule has 0 spiro atoms. The van der Waals surface area contributed by atoms with Crippen LogP contribution in [0, 0.1) is 0 Å². The van der Waals surface area contributed by atoms with Crippen molar-refractivity contribution in [2.24, 2.45) is 5.73 Å². The Kier molecular flexibility index (Phi) is 2.72. The Bertz CT molecular complexity index is 395. The van der Waals surface area contributed by atoms with Crippen LogP contribution in [0.5, 0.6) is 0 Å². The standard InChI is InChI=1S/C15H21N/c16-15-8-4-3-7-13-9-11-5-1-2-6-12(11)10-14(13)15/h9-10,15H,1-8,16H2. The lowest BCUT2D eigenvalue weighted by Crippen LogP contribution is -2.13. The Morgan fingerprint density at radius 1 is 0.812 bits per heavy atom. The van der Waals surface area contributed by atoms with E-state index >= 15 is 0 Å². The van der Waals surface area contributed by atoms with Gasteiger partial charge in [-0.2, -0.15) is 0 Å². The number of hydrogen-bond acceptors (Lipinski definition) is 1. The van der Waals surface area contributed by atoms with Gasteiger partial charge < -0.3 is 5.73 Å². The molecule has 1 atom stereocenters. The lowest BCUT2D eigenvalue weighted by Gasteiger charge is -2.21.